The van der Waals surface area contributed by atoms with E-state index in [1.165, 1.54) is 12.1 Å². The van der Waals surface area contributed by atoms with Gasteiger partial charge in [0.05, 0.1) is 25.0 Å². The average Bonchev–Trinajstić information content (AvgIpc) is 3.13. The molecule has 7 nitrogen and oxygen atoms in total. The van der Waals surface area contributed by atoms with Crippen molar-refractivity contribution in [2.24, 2.45) is 11.8 Å². The number of hydrogen-bond acceptors (Lipinski definition) is 6. The van der Waals surface area contributed by atoms with Gasteiger partial charge < -0.3 is 19.2 Å². The number of ether oxygens (including phenoxy) is 2. The number of nitrogens with one attached hydrogen (secondary N) is 1. The van der Waals surface area contributed by atoms with Gasteiger partial charge in [0.1, 0.15) is 5.76 Å². The summed E-state index contributed by atoms with van der Waals surface area (Å²) >= 11 is 0. The molecule has 156 valence electrons. The molecule has 1 saturated carbocycles. The zero-order valence-electron chi connectivity index (χ0n) is 15.3. The molecule has 0 radical (unpaired) electrons. The SMILES string of the molecule is CCOC(=O)c1ccc(CNC(=O)[C@@H]2CCCC[C@H]2C(=O)OCC(F)(F)F)o1. The fraction of sp³-hybridized carbons (Fsp3) is 0.611. The number of carbonyl (C=O) groups is 3. The third kappa shape index (κ3) is 6.28. The van der Waals surface area contributed by atoms with Crippen molar-refractivity contribution in [2.75, 3.05) is 13.2 Å². The molecule has 10 heteroatoms. The van der Waals surface area contributed by atoms with Gasteiger partial charge in [0.25, 0.3) is 0 Å². The summed E-state index contributed by atoms with van der Waals surface area (Å²) < 4.78 is 51.2. The second kappa shape index (κ2) is 9.61. The maximum Gasteiger partial charge on any atom is 0.422 e. The van der Waals surface area contributed by atoms with Gasteiger partial charge in [0.15, 0.2) is 6.61 Å². The van der Waals surface area contributed by atoms with Crippen LogP contribution >= 0.6 is 0 Å². The second-order valence-corrected chi connectivity index (χ2v) is 6.42. The summed E-state index contributed by atoms with van der Waals surface area (Å²) in [4.78, 5) is 36.0. The van der Waals surface area contributed by atoms with Crippen molar-refractivity contribution >= 4 is 17.8 Å². The number of amides is 1. The Labute approximate surface area is 159 Å². The van der Waals surface area contributed by atoms with Crippen LogP contribution in [0.4, 0.5) is 13.2 Å². The molecule has 0 bridgehead atoms. The fourth-order valence-corrected chi connectivity index (χ4v) is 3.08. The molecule has 1 N–H and O–H groups in total. The number of furan rings is 1. The molecule has 1 heterocycles. The van der Waals surface area contributed by atoms with Crippen molar-refractivity contribution in [3.63, 3.8) is 0 Å². The van der Waals surface area contributed by atoms with Crippen LogP contribution in [0.5, 0.6) is 0 Å². The van der Waals surface area contributed by atoms with Crippen LogP contribution in [-0.4, -0.2) is 37.2 Å². The Morgan fingerprint density at radius 3 is 2.46 bits per heavy atom. The normalized spacial score (nSPS) is 19.7. The van der Waals surface area contributed by atoms with E-state index in [2.05, 4.69) is 10.1 Å². The predicted molar refractivity (Wildman–Crippen MR) is 89.0 cm³/mol. The number of carbonyl (C=O) groups excluding carboxylic acids is 3. The number of rotatable bonds is 7. The smallest absolute Gasteiger partial charge is 0.422 e. The van der Waals surface area contributed by atoms with Crippen molar-refractivity contribution < 1.29 is 41.4 Å². The van der Waals surface area contributed by atoms with Gasteiger partial charge in [-0.25, -0.2) is 4.79 Å². The second-order valence-electron chi connectivity index (χ2n) is 6.42. The van der Waals surface area contributed by atoms with Gasteiger partial charge in [-0.15, -0.1) is 0 Å². The minimum Gasteiger partial charge on any atom is -0.460 e. The highest BCUT2D eigenvalue weighted by Crippen LogP contribution is 2.32. The Balaban J connectivity index is 1.92. The monoisotopic (exact) mass is 405 g/mol. The van der Waals surface area contributed by atoms with E-state index in [1.54, 1.807) is 6.92 Å². The van der Waals surface area contributed by atoms with Crippen molar-refractivity contribution in [2.45, 2.75) is 45.3 Å². The van der Waals surface area contributed by atoms with Gasteiger partial charge in [0, 0.05) is 0 Å². The highest BCUT2D eigenvalue weighted by atomic mass is 19.4. The van der Waals surface area contributed by atoms with Gasteiger partial charge in [-0.3, -0.25) is 9.59 Å². The summed E-state index contributed by atoms with van der Waals surface area (Å²) in [6, 6.07) is 2.92. The zero-order chi connectivity index (χ0) is 20.7. The lowest BCUT2D eigenvalue weighted by atomic mass is 9.78. The minimum atomic E-state index is -4.61. The van der Waals surface area contributed by atoms with Crippen molar-refractivity contribution in [1.29, 1.82) is 0 Å². The minimum absolute atomic E-state index is 0.00243. The van der Waals surface area contributed by atoms with Gasteiger partial charge in [-0.2, -0.15) is 13.2 Å². The topological polar surface area (TPSA) is 94.8 Å². The van der Waals surface area contributed by atoms with E-state index in [4.69, 9.17) is 9.15 Å². The molecule has 1 aliphatic carbocycles. The fourth-order valence-electron chi connectivity index (χ4n) is 3.08. The summed E-state index contributed by atoms with van der Waals surface area (Å²) in [5, 5.41) is 2.60. The molecule has 1 aliphatic rings. The van der Waals surface area contributed by atoms with Crippen LogP contribution in [0.25, 0.3) is 0 Å². The van der Waals surface area contributed by atoms with E-state index in [0.717, 1.165) is 0 Å². The predicted octanol–water partition coefficient (Wildman–Crippen LogP) is 2.98. The first-order valence-electron chi connectivity index (χ1n) is 8.98. The van der Waals surface area contributed by atoms with Crippen LogP contribution in [0.15, 0.2) is 16.5 Å². The molecule has 0 saturated heterocycles. The molecule has 2 atom stereocenters. The lowest BCUT2D eigenvalue weighted by Crippen LogP contribution is -2.40. The van der Waals surface area contributed by atoms with Crippen molar-refractivity contribution in [1.82, 2.24) is 5.32 Å². The maximum atomic E-state index is 12.5. The van der Waals surface area contributed by atoms with Gasteiger partial charge >= 0.3 is 18.1 Å². The molecule has 0 aromatic carbocycles. The number of hydrogen-bond donors (Lipinski definition) is 1. The summed E-state index contributed by atoms with van der Waals surface area (Å²) in [5.74, 6) is -3.49. The number of alkyl halides is 3. The molecule has 0 aliphatic heterocycles. The van der Waals surface area contributed by atoms with E-state index >= 15 is 0 Å². The van der Waals surface area contributed by atoms with Crippen LogP contribution in [0.1, 0.15) is 48.9 Å². The van der Waals surface area contributed by atoms with Gasteiger partial charge in [-0.1, -0.05) is 12.8 Å². The van der Waals surface area contributed by atoms with E-state index in [9.17, 15) is 27.6 Å². The molecule has 1 amide bonds. The molecule has 2 rings (SSSR count). The molecular formula is C18H22F3NO6. The largest absolute Gasteiger partial charge is 0.460 e. The zero-order valence-corrected chi connectivity index (χ0v) is 15.3. The Kier molecular flexibility index (Phi) is 7.47. The Bertz CT molecular complexity index is 700. The van der Waals surface area contributed by atoms with Crippen LogP contribution in [0, 0.1) is 11.8 Å². The van der Waals surface area contributed by atoms with E-state index in [1.807, 2.05) is 0 Å². The van der Waals surface area contributed by atoms with E-state index in [-0.39, 0.29) is 18.9 Å². The maximum absolute atomic E-state index is 12.5. The lowest BCUT2D eigenvalue weighted by molar-refractivity contribution is -0.191. The molecule has 1 aromatic rings. The molecule has 28 heavy (non-hydrogen) atoms. The lowest BCUT2D eigenvalue weighted by Gasteiger charge is -2.29. The quantitative estimate of drug-likeness (QED) is 0.701. The summed E-state index contributed by atoms with van der Waals surface area (Å²) in [6.07, 6.45) is -2.62. The summed E-state index contributed by atoms with van der Waals surface area (Å²) in [7, 11) is 0. The van der Waals surface area contributed by atoms with Crippen LogP contribution in [0.3, 0.4) is 0 Å². The van der Waals surface area contributed by atoms with Gasteiger partial charge in [0.2, 0.25) is 11.7 Å². The van der Waals surface area contributed by atoms with Crippen molar-refractivity contribution in [3.05, 3.63) is 23.7 Å². The van der Waals surface area contributed by atoms with Crippen molar-refractivity contribution in [3.8, 4) is 0 Å². The first-order valence-corrected chi connectivity index (χ1v) is 8.98. The first-order chi connectivity index (χ1) is 13.2. The first kappa shape index (κ1) is 21.8. The van der Waals surface area contributed by atoms with Crippen LogP contribution in [0.2, 0.25) is 0 Å². The molecule has 0 unspecified atom stereocenters. The molecular weight excluding hydrogens is 383 g/mol. The van der Waals surface area contributed by atoms with E-state index < -0.39 is 42.5 Å². The summed E-state index contributed by atoms with van der Waals surface area (Å²) in [6.45, 7) is 0.153. The molecule has 1 aromatic heterocycles. The number of halogens is 3. The number of esters is 2. The average molecular weight is 405 g/mol. The molecule has 1 fully saturated rings. The third-order valence-corrected chi connectivity index (χ3v) is 4.36. The van der Waals surface area contributed by atoms with Gasteiger partial charge in [-0.05, 0) is 31.9 Å². The molecule has 0 spiro atoms. The van der Waals surface area contributed by atoms with E-state index in [0.29, 0.717) is 31.4 Å². The Morgan fingerprint density at radius 2 is 1.82 bits per heavy atom. The summed E-state index contributed by atoms with van der Waals surface area (Å²) in [5.41, 5.74) is 0. The highest BCUT2D eigenvalue weighted by molar-refractivity contribution is 5.86. The van der Waals surface area contributed by atoms with Crippen LogP contribution < -0.4 is 5.32 Å². The highest BCUT2D eigenvalue weighted by Gasteiger charge is 2.38. The standard InChI is InChI=1S/C18H22F3NO6/c1-2-26-17(25)14-8-7-11(28-14)9-22-15(23)12-5-3-4-6-13(12)16(24)27-10-18(19,20)21/h7-8,12-13H,2-6,9-10H2,1H3,(H,22,23)/t12-,13-/m1/s1. The van der Waals surface area contributed by atoms with Crippen LogP contribution in [-0.2, 0) is 25.6 Å². The Morgan fingerprint density at radius 1 is 1.14 bits per heavy atom. The third-order valence-electron chi connectivity index (χ3n) is 4.36. The Hall–Kier alpha value is -2.52.